The van der Waals surface area contributed by atoms with Gasteiger partial charge < -0.3 is 16.2 Å². The van der Waals surface area contributed by atoms with E-state index in [1.54, 1.807) is 11.4 Å². The number of amides is 1. The second-order valence-corrected chi connectivity index (χ2v) is 5.43. The van der Waals surface area contributed by atoms with Crippen molar-refractivity contribution in [2.75, 3.05) is 11.1 Å². The van der Waals surface area contributed by atoms with Crippen molar-refractivity contribution in [3.8, 4) is 0 Å². The standard InChI is InChI=1S/C12H9BrN2O3S/c13-8-3-4-19-10(8)11(16)15-9-2-1-6(14)5-7(9)12(17)18/h1-5H,14H2,(H,15,16)(H,17,18). The molecule has 0 saturated heterocycles. The largest absolute Gasteiger partial charge is 0.478 e. The van der Waals surface area contributed by atoms with E-state index in [0.717, 1.165) is 0 Å². The van der Waals surface area contributed by atoms with Gasteiger partial charge in [-0.2, -0.15) is 0 Å². The summed E-state index contributed by atoms with van der Waals surface area (Å²) in [7, 11) is 0. The van der Waals surface area contributed by atoms with Crippen LogP contribution in [0.25, 0.3) is 0 Å². The van der Waals surface area contributed by atoms with Crippen molar-refractivity contribution in [2.45, 2.75) is 0 Å². The molecule has 0 unspecified atom stereocenters. The van der Waals surface area contributed by atoms with E-state index in [1.807, 2.05) is 0 Å². The van der Waals surface area contributed by atoms with Crippen LogP contribution in [0.5, 0.6) is 0 Å². The summed E-state index contributed by atoms with van der Waals surface area (Å²) in [6.45, 7) is 0. The Hall–Kier alpha value is -1.86. The highest BCUT2D eigenvalue weighted by Crippen LogP contribution is 2.25. The lowest BCUT2D eigenvalue weighted by Gasteiger charge is -2.08. The van der Waals surface area contributed by atoms with Gasteiger partial charge >= 0.3 is 5.97 Å². The Kier molecular flexibility index (Phi) is 3.87. The maximum Gasteiger partial charge on any atom is 0.337 e. The van der Waals surface area contributed by atoms with Gasteiger partial charge in [-0.1, -0.05) is 0 Å². The number of carboxylic acid groups (broad SMARTS) is 1. The lowest BCUT2D eigenvalue weighted by Crippen LogP contribution is -2.14. The zero-order chi connectivity index (χ0) is 14.0. The Labute approximate surface area is 121 Å². The summed E-state index contributed by atoms with van der Waals surface area (Å²) in [5.41, 5.74) is 6.03. The second kappa shape index (κ2) is 5.41. The number of nitrogens with two attached hydrogens (primary N) is 1. The summed E-state index contributed by atoms with van der Waals surface area (Å²) in [5, 5.41) is 13.4. The minimum Gasteiger partial charge on any atom is -0.478 e. The quantitative estimate of drug-likeness (QED) is 0.748. The number of nitrogen functional groups attached to an aromatic ring is 1. The van der Waals surface area contributed by atoms with E-state index in [4.69, 9.17) is 10.8 Å². The number of benzene rings is 1. The van der Waals surface area contributed by atoms with E-state index in [-0.39, 0.29) is 17.2 Å². The number of carbonyl (C=O) groups excluding carboxylic acids is 1. The number of hydrogen-bond acceptors (Lipinski definition) is 4. The topological polar surface area (TPSA) is 92.4 Å². The van der Waals surface area contributed by atoms with Crippen molar-refractivity contribution in [3.05, 3.63) is 44.6 Å². The van der Waals surface area contributed by atoms with Gasteiger partial charge in [-0.05, 0) is 45.6 Å². The first-order valence-electron chi connectivity index (χ1n) is 5.16. The molecule has 0 atom stereocenters. The Balaban J connectivity index is 2.32. The molecular formula is C12H9BrN2O3S. The fourth-order valence-electron chi connectivity index (χ4n) is 1.48. The maximum absolute atomic E-state index is 12.0. The molecule has 1 amide bonds. The zero-order valence-corrected chi connectivity index (χ0v) is 11.9. The van der Waals surface area contributed by atoms with Crippen molar-refractivity contribution >= 4 is 50.5 Å². The Bertz CT molecular complexity index is 654. The molecule has 98 valence electrons. The van der Waals surface area contributed by atoms with E-state index in [1.165, 1.54) is 29.5 Å². The second-order valence-electron chi connectivity index (χ2n) is 3.66. The summed E-state index contributed by atoms with van der Waals surface area (Å²) >= 11 is 4.52. The molecule has 1 heterocycles. The van der Waals surface area contributed by atoms with E-state index in [9.17, 15) is 9.59 Å². The molecule has 0 spiro atoms. The zero-order valence-electron chi connectivity index (χ0n) is 9.51. The van der Waals surface area contributed by atoms with Gasteiger partial charge in [-0.25, -0.2) is 4.79 Å². The van der Waals surface area contributed by atoms with E-state index < -0.39 is 5.97 Å². The van der Waals surface area contributed by atoms with Gasteiger partial charge in [0, 0.05) is 10.2 Å². The number of halogens is 1. The van der Waals surface area contributed by atoms with E-state index in [0.29, 0.717) is 15.0 Å². The Morgan fingerprint density at radius 1 is 1.32 bits per heavy atom. The summed E-state index contributed by atoms with van der Waals surface area (Å²) < 4.78 is 0.669. The highest BCUT2D eigenvalue weighted by atomic mass is 79.9. The lowest BCUT2D eigenvalue weighted by molar-refractivity contribution is 0.0698. The first-order valence-corrected chi connectivity index (χ1v) is 6.83. The van der Waals surface area contributed by atoms with Crippen molar-refractivity contribution in [1.82, 2.24) is 0 Å². The number of aromatic carboxylic acids is 1. The van der Waals surface area contributed by atoms with Crippen molar-refractivity contribution in [1.29, 1.82) is 0 Å². The van der Waals surface area contributed by atoms with E-state index in [2.05, 4.69) is 21.2 Å². The average Bonchev–Trinajstić information content (AvgIpc) is 2.77. The third-order valence-corrected chi connectivity index (χ3v) is 4.18. The van der Waals surface area contributed by atoms with Crippen LogP contribution in [-0.2, 0) is 0 Å². The van der Waals surface area contributed by atoms with Gasteiger partial charge in [0.05, 0.1) is 11.3 Å². The number of anilines is 2. The first-order chi connectivity index (χ1) is 8.99. The molecule has 1 aromatic heterocycles. The van der Waals surface area contributed by atoms with Crippen LogP contribution >= 0.6 is 27.3 Å². The van der Waals surface area contributed by atoms with Crippen LogP contribution in [0.2, 0.25) is 0 Å². The molecule has 0 aliphatic heterocycles. The molecule has 0 fully saturated rings. The Morgan fingerprint density at radius 3 is 2.63 bits per heavy atom. The molecule has 0 aliphatic rings. The average molecular weight is 341 g/mol. The highest BCUT2D eigenvalue weighted by molar-refractivity contribution is 9.10. The SMILES string of the molecule is Nc1ccc(NC(=O)c2sccc2Br)c(C(=O)O)c1. The van der Waals surface area contributed by atoms with Crippen molar-refractivity contribution in [2.24, 2.45) is 0 Å². The van der Waals surface area contributed by atoms with Crippen LogP contribution < -0.4 is 11.1 Å². The van der Waals surface area contributed by atoms with Crippen LogP contribution in [0.4, 0.5) is 11.4 Å². The van der Waals surface area contributed by atoms with Gasteiger partial charge in [0.25, 0.3) is 5.91 Å². The number of thiophene rings is 1. The number of carbonyl (C=O) groups is 2. The van der Waals surface area contributed by atoms with Crippen LogP contribution in [0, 0.1) is 0 Å². The van der Waals surface area contributed by atoms with Gasteiger partial charge in [0.15, 0.2) is 0 Å². The minimum atomic E-state index is -1.15. The molecule has 1 aromatic carbocycles. The van der Waals surface area contributed by atoms with Crippen molar-refractivity contribution < 1.29 is 14.7 Å². The van der Waals surface area contributed by atoms with Gasteiger partial charge in [-0.15, -0.1) is 11.3 Å². The molecule has 4 N–H and O–H groups in total. The van der Waals surface area contributed by atoms with Crippen LogP contribution in [0.15, 0.2) is 34.1 Å². The smallest absolute Gasteiger partial charge is 0.337 e. The predicted octanol–water partition coefficient (Wildman–Crippen LogP) is 3.04. The fraction of sp³-hybridized carbons (Fsp3) is 0. The normalized spacial score (nSPS) is 10.2. The molecule has 2 rings (SSSR count). The summed E-state index contributed by atoms with van der Waals surface area (Å²) in [4.78, 5) is 23.6. The van der Waals surface area contributed by atoms with Crippen LogP contribution in [0.3, 0.4) is 0 Å². The molecular weight excluding hydrogens is 332 g/mol. The number of rotatable bonds is 3. The highest BCUT2D eigenvalue weighted by Gasteiger charge is 2.16. The van der Waals surface area contributed by atoms with Crippen LogP contribution in [-0.4, -0.2) is 17.0 Å². The van der Waals surface area contributed by atoms with Crippen molar-refractivity contribution in [3.63, 3.8) is 0 Å². The van der Waals surface area contributed by atoms with Gasteiger partial charge in [0.2, 0.25) is 0 Å². The summed E-state index contributed by atoms with van der Waals surface area (Å²) in [6.07, 6.45) is 0. The maximum atomic E-state index is 12.0. The minimum absolute atomic E-state index is 0.0407. The van der Waals surface area contributed by atoms with E-state index >= 15 is 0 Å². The van der Waals surface area contributed by atoms with Crippen LogP contribution in [0.1, 0.15) is 20.0 Å². The third kappa shape index (κ3) is 2.94. The lowest BCUT2D eigenvalue weighted by atomic mass is 10.1. The first kappa shape index (κ1) is 13.6. The fourth-order valence-corrected chi connectivity index (χ4v) is 2.93. The number of nitrogens with one attached hydrogen (secondary N) is 1. The molecule has 0 bridgehead atoms. The third-order valence-electron chi connectivity index (χ3n) is 2.35. The number of carboxylic acids is 1. The molecule has 19 heavy (non-hydrogen) atoms. The number of hydrogen-bond donors (Lipinski definition) is 3. The summed E-state index contributed by atoms with van der Waals surface area (Å²) in [5.74, 6) is -1.51. The molecule has 2 aromatic rings. The molecule has 7 heteroatoms. The van der Waals surface area contributed by atoms with Gasteiger partial charge in [0.1, 0.15) is 4.88 Å². The molecule has 0 saturated carbocycles. The monoisotopic (exact) mass is 340 g/mol. The predicted molar refractivity (Wildman–Crippen MR) is 77.8 cm³/mol. The molecule has 5 nitrogen and oxygen atoms in total. The summed E-state index contributed by atoms with van der Waals surface area (Å²) in [6, 6.07) is 6.06. The Morgan fingerprint density at radius 2 is 2.05 bits per heavy atom. The molecule has 0 aliphatic carbocycles. The van der Waals surface area contributed by atoms with Gasteiger partial charge in [-0.3, -0.25) is 4.79 Å². The molecule has 0 radical (unpaired) electrons.